The zero-order valence-electron chi connectivity index (χ0n) is 8.80. The summed E-state index contributed by atoms with van der Waals surface area (Å²) in [5.74, 6) is 0.357. The SMILES string of the molecule is CCCN1C(=O)S/C(=C/c2ccco2)C1=O. The molecule has 1 saturated heterocycles. The molecule has 0 radical (unpaired) electrons. The van der Waals surface area contributed by atoms with Gasteiger partial charge in [0.15, 0.2) is 0 Å². The molecular weight excluding hydrogens is 226 g/mol. The van der Waals surface area contributed by atoms with E-state index in [0.29, 0.717) is 17.2 Å². The molecule has 0 atom stereocenters. The molecule has 2 rings (SSSR count). The van der Waals surface area contributed by atoms with Gasteiger partial charge < -0.3 is 4.42 Å². The number of hydrogen-bond acceptors (Lipinski definition) is 4. The van der Waals surface area contributed by atoms with Crippen molar-refractivity contribution in [2.75, 3.05) is 6.54 Å². The summed E-state index contributed by atoms with van der Waals surface area (Å²) >= 11 is 0.959. The number of furan rings is 1. The zero-order valence-corrected chi connectivity index (χ0v) is 9.62. The van der Waals surface area contributed by atoms with Crippen LogP contribution in [0.2, 0.25) is 0 Å². The molecule has 0 aliphatic carbocycles. The molecule has 0 unspecified atom stereocenters. The summed E-state index contributed by atoms with van der Waals surface area (Å²) in [6, 6.07) is 3.48. The smallest absolute Gasteiger partial charge is 0.293 e. The number of carbonyl (C=O) groups excluding carboxylic acids is 2. The first-order valence-corrected chi connectivity index (χ1v) is 5.83. The van der Waals surface area contributed by atoms with Crippen molar-refractivity contribution in [2.45, 2.75) is 13.3 Å². The van der Waals surface area contributed by atoms with Gasteiger partial charge in [-0.3, -0.25) is 14.5 Å². The Morgan fingerprint density at radius 3 is 2.94 bits per heavy atom. The Balaban J connectivity index is 2.20. The van der Waals surface area contributed by atoms with E-state index in [9.17, 15) is 9.59 Å². The molecule has 5 heteroatoms. The van der Waals surface area contributed by atoms with Crippen molar-refractivity contribution < 1.29 is 14.0 Å². The van der Waals surface area contributed by atoms with Gasteiger partial charge in [0, 0.05) is 12.6 Å². The third kappa shape index (κ3) is 2.04. The molecule has 1 fully saturated rings. The van der Waals surface area contributed by atoms with Crippen LogP contribution in [0.3, 0.4) is 0 Å². The summed E-state index contributed by atoms with van der Waals surface area (Å²) in [6.07, 6.45) is 3.90. The van der Waals surface area contributed by atoms with Crippen molar-refractivity contribution in [3.63, 3.8) is 0 Å². The highest BCUT2D eigenvalue weighted by atomic mass is 32.2. The van der Waals surface area contributed by atoms with Gasteiger partial charge >= 0.3 is 0 Å². The monoisotopic (exact) mass is 237 g/mol. The summed E-state index contributed by atoms with van der Waals surface area (Å²) < 4.78 is 5.10. The van der Waals surface area contributed by atoms with Crippen molar-refractivity contribution in [3.8, 4) is 0 Å². The number of imide groups is 1. The summed E-state index contributed by atoms with van der Waals surface area (Å²) in [5.41, 5.74) is 0. The lowest BCUT2D eigenvalue weighted by molar-refractivity contribution is -0.122. The molecule has 0 spiro atoms. The fourth-order valence-electron chi connectivity index (χ4n) is 1.42. The maximum atomic E-state index is 11.8. The highest BCUT2D eigenvalue weighted by Gasteiger charge is 2.34. The topological polar surface area (TPSA) is 50.5 Å². The zero-order chi connectivity index (χ0) is 11.5. The van der Waals surface area contributed by atoms with Gasteiger partial charge in [0.2, 0.25) is 0 Å². The standard InChI is InChI=1S/C11H11NO3S/c1-2-5-12-10(13)9(16-11(12)14)7-8-4-3-6-15-8/h3-4,6-7H,2,5H2,1H3/b9-7+. The summed E-state index contributed by atoms with van der Waals surface area (Å²) in [4.78, 5) is 25.0. The lowest BCUT2D eigenvalue weighted by Gasteiger charge is -2.09. The molecule has 0 saturated carbocycles. The molecular formula is C11H11NO3S. The van der Waals surface area contributed by atoms with Gasteiger partial charge in [0.1, 0.15) is 5.76 Å². The highest BCUT2D eigenvalue weighted by Crippen LogP contribution is 2.32. The van der Waals surface area contributed by atoms with Gasteiger partial charge in [0.25, 0.3) is 11.1 Å². The lowest BCUT2D eigenvalue weighted by Crippen LogP contribution is -2.28. The van der Waals surface area contributed by atoms with Gasteiger partial charge in [-0.05, 0) is 30.3 Å². The molecule has 2 heterocycles. The van der Waals surface area contributed by atoms with E-state index >= 15 is 0 Å². The first-order valence-electron chi connectivity index (χ1n) is 5.01. The minimum atomic E-state index is -0.228. The highest BCUT2D eigenvalue weighted by molar-refractivity contribution is 8.18. The molecule has 2 amide bonds. The second kappa shape index (κ2) is 4.57. The molecule has 84 valence electrons. The third-order valence-electron chi connectivity index (χ3n) is 2.14. The molecule has 0 aromatic carbocycles. The molecule has 4 nitrogen and oxygen atoms in total. The van der Waals surface area contributed by atoms with Crippen molar-refractivity contribution in [3.05, 3.63) is 29.1 Å². The van der Waals surface area contributed by atoms with E-state index in [1.165, 1.54) is 11.2 Å². The van der Waals surface area contributed by atoms with Gasteiger partial charge in [0.05, 0.1) is 11.2 Å². The quantitative estimate of drug-likeness (QED) is 0.758. The Bertz CT molecular complexity index is 436. The predicted octanol–water partition coefficient (Wildman–Crippen LogP) is 2.73. The van der Waals surface area contributed by atoms with E-state index in [1.54, 1.807) is 18.2 Å². The van der Waals surface area contributed by atoms with Crippen LogP contribution in [0.4, 0.5) is 4.79 Å². The second-order valence-corrected chi connectivity index (χ2v) is 4.34. The van der Waals surface area contributed by atoms with E-state index in [4.69, 9.17) is 4.42 Å². The van der Waals surface area contributed by atoms with Gasteiger partial charge in [-0.2, -0.15) is 0 Å². The van der Waals surface area contributed by atoms with Gasteiger partial charge in [-0.15, -0.1) is 0 Å². The summed E-state index contributed by atoms with van der Waals surface area (Å²) in [6.45, 7) is 2.40. The molecule has 1 aromatic heterocycles. The van der Waals surface area contributed by atoms with Gasteiger partial charge in [-0.25, -0.2) is 0 Å². The van der Waals surface area contributed by atoms with Gasteiger partial charge in [-0.1, -0.05) is 6.92 Å². The Kier molecular flexibility index (Phi) is 3.14. The minimum absolute atomic E-state index is 0.204. The Hall–Kier alpha value is -1.49. The van der Waals surface area contributed by atoms with Crippen LogP contribution < -0.4 is 0 Å². The average molecular weight is 237 g/mol. The number of rotatable bonds is 3. The Morgan fingerprint density at radius 1 is 1.50 bits per heavy atom. The molecule has 16 heavy (non-hydrogen) atoms. The Labute approximate surface area is 97.3 Å². The van der Waals surface area contributed by atoms with Crippen molar-refractivity contribution in [1.82, 2.24) is 4.90 Å². The summed E-state index contributed by atoms with van der Waals surface area (Å²) in [7, 11) is 0. The normalized spacial score (nSPS) is 18.8. The molecule has 1 aromatic rings. The third-order valence-corrected chi connectivity index (χ3v) is 3.04. The van der Waals surface area contributed by atoms with E-state index in [1.807, 2.05) is 6.92 Å². The van der Waals surface area contributed by atoms with E-state index in [-0.39, 0.29) is 11.1 Å². The fraction of sp³-hybridized carbons (Fsp3) is 0.273. The van der Waals surface area contributed by atoms with Crippen molar-refractivity contribution >= 4 is 29.0 Å². The van der Waals surface area contributed by atoms with E-state index < -0.39 is 0 Å². The lowest BCUT2D eigenvalue weighted by atomic mass is 10.3. The number of carbonyl (C=O) groups is 2. The number of hydrogen-bond donors (Lipinski definition) is 0. The first kappa shape index (κ1) is 11.0. The van der Waals surface area contributed by atoms with Crippen molar-refractivity contribution in [2.24, 2.45) is 0 Å². The van der Waals surface area contributed by atoms with Crippen LogP contribution in [-0.4, -0.2) is 22.6 Å². The van der Waals surface area contributed by atoms with Crippen molar-refractivity contribution in [1.29, 1.82) is 0 Å². The van der Waals surface area contributed by atoms with E-state index in [0.717, 1.165) is 18.2 Å². The fourth-order valence-corrected chi connectivity index (χ4v) is 2.26. The largest absolute Gasteiger partial charge is 0.465 e. The second-order valence-electron chi connectivity index (χ2n) is 3.35. The maximum absolute atomic E-state index is 11.8. The molecule has 1 aliphatic rings. The minimum Gasteiger partial charge on any atom is -0.465 e. The molecule has 0 bridgehead atoms. The van der Waals surface area contributed by atoms with Crippen LogP contribution >= 0.6 is 11.8 Å². The van der Waals surface area contributed by atoms with Crippen LogP contribution in [0, 0.1) is 0 Å². The number of nitrogens with zero attached hydrogens (tertiary/aromatic N) is 1. The Morgan fingerprint density at radius 2 is 2.31 bits per heavy atom. The first-order chi connectivity index (χ1) is 7.72. The average Bonchev–Trinajstić information content (AvgIpc) is 2.84. The van der Waals surface area contributed by atoms with Crippen LogP contribution in [0.25, 0.3) is 6.08 Å². The number of thioether (sulfide) groups is 1. The number of amides is 2. The maximum Gasteiger partial charge on any atom is 0.293 e. The van der Waals surface area contributed by atoms with Crippen LogP contribution in [0.1, 0.15) is 19.1 Å². The summed E-state index contributed by atoms with van der Waals surface area (Å²) in [5, 5.41) is -0.204. The predicted molar refractivity (Wildman–Crippen MR) is 61.7 cm³/mol. The van der Waals surface area contributed by atoms with Crippen LogP contribution in [0.5, 0.6) is 0 Å². The molecule has 1 aliphatic heterocycles. The van der Waals surface area contributed by atoms with Crippen LogP contribution in [-0.2, 0) is 4.79 Å². The van der Waals surface area contributed by atoms with E-state index in [2.05, 4.69) is 0 Å². The van der Waals surface area contributed by atoms with Crippen LogP contribution in [0.15, 0.2) is 27.7 Å². The molecule has 0 N–H and O–H groups in total.